The van der Waals surface area contributed by atoms with Gasteiger partial charge in [0.25, 0.3) is 0 Å². The van der Waals surface area contributed by atoms with Crippen LogP contribution in [0.3, 0.4) is 0 Å². The SMILES string of the molecule is C[C@H](N[C@H]1CCc2c(O)cccc21)c1ccc(N2CCCC2=O)cc1. The van der Waals surface area contributed by atoms with Crippen molar-refractivity contribution in [1.29, 1.82) is 0 Å². The van der Waals surface area contributed by atoms with Crippen molar-refractivity contribution in [3.05, 3.63) is 59.2 Å². The molecule has 2 aromatic rings. The van der Waals surface area contributed by atoms with Gasteiger partial charge in [0.05, 0.1) is 0 Å². The Bertz CT molecular complexity index is 785. The summed E-state index contributed by atoms with van der Waals surface area (Å²) >= 11 is 0. The van der Waals surface area contributed by atoms with Crippen LogP contribution in [-0.4, -0.2) is 17.6 Å². The summed E-state index contributed by atoms with van der Waals surface area (Å²) in [4.78, 5) is 13.7. The first-order valence-electron chi connectivity index (χ1n) is 9.10. The highest BCUT2D eigenvalue weighted by molar-refractivity contribution is 5.95. The predicted molar refractivity (Wildman–Crippen MR) is 98.7 cm³/mol. The molecule has 0 unspecified atom stereocenters. The first-order valence-corrected chi connectivity index (χ1v) is 9.10. The average Bonchev–Trinajstić information content (AvgIpc) is 3.22. The standard InChI is InChI=1S/C21H24N2O2/c1-14(22-19-12-11-18-17(19)4-2-5-20(18)24)15-7-9-16(10-8-15)23-13-3-6-21(23)25/h2,4-5,7-10,14,19,22,24H,3,6,11-13H2,1H3/t14-,19-/m0/s1. The van der Waals surface area contributed by atoms with E-state index in [1.165, 1.54) is 11.1 Å². The summed E-state index contributed by atoms with van der Waals surface area (Å²) in [5.41, 5.74) is 4.50. The zero-order chi connectivity index (χ0) is 17.4. The number of carbonyl (C=O) groups is 1. The Morgan fingerprint density at radius 1 is 1.16 bits per heavy atom. The summed E-state index contributed by atoms with van der Waals surface area (Å²) in [7, 11) is 0. The summed E-state index contributed by atoms with van der Waals surface area (Å²) in [6.07, 6.45) is 3.54. The van der Waals surface area contributed by atoms with E-state index in [4.69, 9.17) is 0 Å². The number of benzene rings is 2. The largest absolute Gasteiger partial charge is 0.508 e. The molecule has 4 nitrogen and oxygen atoms in total. The number of carbonyl (C=O) groups excluding carboxylic acids is 1. The van der Waals surface area contributed by atoms with Crippen LogP contribution in [0.1, 0.15) is 55.0 Å². The summed E-state index contributed by atoms with van der Waals surface area (Å²) in [6, 6.07) is 14.6. The lowest BCUT2D eigenvalue weighted by Crippen LogP contribution is -2.24. The van der Waals surface area contributed by atoms with Gasteiger partial charge in [-0.25, -0.2) is 0 Å². The summed E-state index contributed by atoms with van der Waals surface area (Å²) < 4.78 is 0. The van der Waals surface area contributed by atoms with E-state index in [-0.39, 0.29) is 18.0 Å². The number of nitrogens with one attached hydrogen (secondary N) is 1. The van der Waals surface area contributed by atoms with Crippen molar-refractivity contribution in [2.75, 3.05) is 11.4 Å². The number of rotatable bonds is 4. The van der Waals surface area contributed by atoms with Gasteiger partial charge >= 0.3 is 0 Å². The van der Waals surface area contributed by atoms with E-state index in [1.807, 2.05) is 23.1 Å². The Labute approximate surface area is 148 Å². The Morgan fingerprint density at radius 3 is 2.68 bits per heavy atom. The number of hydrogen-bond acceptors (Lipinski definition) is 3. The molecular weight excluding hydrogens is 312 g/mol. The quantitative estimate of drug-likeness (QED) is 0.891. The molecule has 0 bridgehead atoms. The van der Waals surface area contributed by atoms with Crippen molar-refractivity contribution in [2.24, 2.45) is 0 Å². The third-order valence-corrected chi connectivity index (χ3v) is 5.48. The molecule has 4 rings (SSSR count). The third kappa shape index (κ3) is 3.02. The third-order valence-electron chi connectivity index (χ3n) is 5.48. The van der Waals surface area contributed by atoms with Gasteiger partial charge in [-0.05, 0) is 61.1 Å². The van der Waals surface area contributed by atoms with Crippen LogP contribution in [0.15, 0.2) is 42.5 Å². The normalized spacial score (nSPS) is 20.8. The van der Waals surface area contributed by atoms with Crippen LogP contribution in [0.4, 0.5) is 5.69 Å². The number of aromatic hydroxyl groups is 1. The second kappa shape index (κ2) is 6.52. The molecule has 0 radical (unpaired) electrons. The van der Waals surface area contributed by atoms with Crippen molar-refractivity contribution in [2.45, 2.75) is 44.7 Å². The molecule has 1 amide bonds. The van der Waals surface area contributed by atoms with E-state index in [0.717, 1.165) is 37.1 Å². The highest BCUT2D eigenvalue weighted by Crippen LogP contribution is 2.37. The average molecular weight is 336 g/mol. The molecule has 2 atom stereocenters. The number of anilines is 1. The maximum atomic E-state index is 11.9. The summed E-state index contributed by atoms with van der Waals surface area (Å²) in [5.74, 6) is 0.635. The lowest BCUT2D eigenvalue weighted by atomic mass is 10.0. The Hall–Kier alpha value is -2.33. The van der Waals surface area contributed by atoms with Crippen molar-refractivity contribution >= 4 is 11.6 Å². The molecule has 130 valence electrons. The van der Waals surface area contributed by atoms with E-state index in [1.54, 1.807) is 6.07 Å². The van der Waals surface area contributed by atoms with E-state index in [2.05, 4.69) is 30.4 Å². The first-order chi connectivity index (χ1) is 12.1. The lowest BCUT2D eigenvalue weighted by molar-refractivity contribution is -0.117. The molecule has 1 aliphatic carbocycles. The van der Waals surface area contributed by atoms with Gasteiger partial charge in [0, 0.05) is 30.7 Å². The minimum Gasteiger partial charge on any atom is -0.508 e. The van der Waals surface area contributed by atoms with Gasteiger partial charge in [0.2, 0.25) is 5.91 Å². The van der Waals surface area contributed by atoms with Crippen LogP contribution in [0, 0.1) is 0 Å². The van der Waals surface area contributed by atoms with Crippen LogP contribution in [0.5, 0.6) is 5.75 Å². The van der Waals surface area contributed by atoms with Gasteiger partial charge in [-0.1, -0.05) is 24.3 Å². The zero-order valence-electron chi connectivity index (χ0n) is 14.5. The fourth-order valence-electron chi connectivity index (χ4n) is 4.07. The number of hydrogen-bond donors (Lipinski definition) is 2. The summed E-state index contributed by atoms with van der Waals surface area (Å²) in [5, 5.41) is 13.7. The van der Waals surface area contributed by atoms with Gasteiger partial charge in [-0.15, -0.1) is 0 Å². The number of amides is 1. The molecule has 1 heterocycles. The maximum absolute atomic E-state index is 11.9. The van der Waals surface area contributed by atoms with E-state index < -0.39 is 0 Å². The molecule has 2 N–H and O–H groups in total. The monoisotopic (exact) mass is 336 g/mol. The molecule has 1 aliphatic heterocycles. The number of fused-ring (bicyclic) bond motifs is 1. The van der Waals surface area contributed by atoms with E-state index in [9.17, 15) is 9.90 Å². The van der Waals surface area contributed by atoms with E-state index in [0.29, 0.717) is 12.2 Å². The Balaban J connectivity index is 1.46. The van der Waals surface area contributed by atoms with Gasteiger partial charge in [0.15, 0.2) is 0 Å². The molecule has 25 heavy (non-hydrogen) atoms. The van der Waals surface area contributed by atoms with Gasteiger partial charge in [0.1, 0.15) is 5.75 Å². The molecule has 4 heteroatoms. The second-order valence-electron chi connectivity index (χ2n) is 7.06. The molecule has 2 aliphatic rings. The molecular formula is C21H24N2O2. The smallest absolute Gasteiger partial charge is 0.227 e. The molecule has 0 spiro atoms. The Morgan fingerprint density at radius 2 is 1.96 bits per heavy atom. The molecule has 0 saturated carbocycles. The van der Waals surface area contributed by atoms with E-state index >= 15 is 0 Å². The summed E-state index contributed by atoms with van der Waals surface area (Å²) in [6.45, 7) is 2.99. The topological polar surface area (TPSA) is 52.6 Å². The molecule has 1 saturated heterocycles. The zero-order valence-corrected chi connectivity index (χ0v) is 14.5. The minimum absolute atomic E-state index is 0.210. The van der Waals surface area contributed by atoms with Gasteiger partial charge in [-0.2, -0.15) is 0 Å². The number of phenols is 1. The minimum atomic E-state index is 0.210. The van der Waals surface area contributed by atoms with Crippen LogP contribution < -0.4 is 10.2 Å². The molecule has 2 aromatic carbocycles. The molecule has 0 aromatic heterocycles. The van der Waals surface area contributed by atoms with Crippen molar-refractivity contribution in [1.82, 2.24) is 5.32 Å². The van der Waals surface area contributed by atoms with Crippen molar-refractivity contribution < 1.29 is 9.90 Å². The molecule has 1 fully saturated rings. The van der Waals surface area contributed by atoms with Crippen LogP contribution in [0.25, 0.3) is 0 Å². The van der Waals surface area contributed by atoms with Crippen LogP contribution in [-0.2, 0) is 11.2 Å². The lowest BCUT2D eigenvalue weighted by Gasteiger charge is -2.22. The Kier molecular flexibility index (Phi) is 4.22. The van der Waals surface area contributed by atoms with Crippen molar-refractivity contribution in [3.8, 4) is 5.75 Å². The van der Waals surface area contributed by atoms with Crippen LogP contribution in [0.2, 0.25) is 0 Å². The predicted octanol–water partition coefficient (Wildman–Crippen LogP) is 3.86. The van der Waals surface area contributed by atoms with Crippen molar-refractivity contribution in [3.63, 3.8) is 0 Å². The highest BCUT2D eigenvalue weighted by Gasteiger charge is 2.26. The first kappa shape index (κ1) is 16.2. The number of phenolic OH excluding ortho intramolecular Hbond substituents is 1. The van der Waals surface area contributed by atoms with Gasteiger partial charge in [-0.3, -0.25) is 4.79 Å². The second-order valence-corrected chi connectivity index (χ2v) is 7.06. The number of nitrogens with zero attached hydrogens (tertiary/aromatic N) is 1. The maximum Gasteiger partial charge on any atom is 0.227 e. The highest BCUT2D eigenvalue weighted by atomic mass is 16.3. The fourth-order valence-corrected chi connectivity index (χ4v) is 4.07. The van der Waals surface area contributed by atoms with Gasteiger partial charge < -0.3 is 15.3 Å². The fraction of sp³-hybridized carbons (Fsp3) is 0.381. The van der Waals surface area contributed by atoms with Crippen LogP contribution >= 0.6 is 0 Å².